The Morgan fingerprint density at radius 3 is 2.33 bits per heavy atom. The van der Waals surface area contributed by atoms with Crippen LogP contribution in [0.1, 0.15) is 84.3 Å². The Balaban J connectivity index is 1.16. The van der Waals surface area contributed by atoms with E-state index in [-0.39, 0.29) is 40.6 Å². The Hall–Kier alpha value is -2.44. The number of halogens is 5. The predicted molar refractivity (Wildman–Crippen MR) is 138 cm³/mol. The SMILES string of the molecule is O=C(NS(=O)(=O)C1CC1)c1cc(C2CC2)c(CN2[C@@H]3CC[C@H]2CC(Oc2ncc(C(F)(F)F)cc2Cl)C3)cc1F. The molecule has 2 saturated carbocycles. The average Bonchev–Trinajstić information content (AvgIpc) is 3.77. The van der Waals surface area contributed by atoms with Crippen molar-refractivity contribution in [2.24, 2.45) is 0 Å². The molecule has 3 heterocycles. The van der Waals surface area contributed by atoms with Gasteiger partial charge in [0.05, 0.1) is 16.4 Å². The van der Waals surface area contributed by atoms with Gasteiger partial charge < -0.3 is 4.74 Å². The lowest BCUT2D eigenvalue weighted by Crippen LogP contribution is -2.46. The summed E-state index contributed by atoms with van der Waals surface area (Å²) >= 11 is 6.04. The Morgan fingerprint density at radius 1 is 1.07 bits per heavy atom. The summed E-state index contributed by atoms with van der Waals surface area (Å²) in [5.74, 6) is -1.51. The van der Waals surface area contributed by atoms with Crippen molar-refractivity contribution in [2.75, 3.05) is 0 Å². The number of amides is 1. The Kier molecular flexibility index (Phi) is 7.02. The van der Waals surface area contributed by atoms with Crippen molar-refractivity contribution in [3.05, 3.63) is 57.5 Å². The van der Waals surface area contributed by atoms with Crippen LogP contribution >= 0.6 is 11.6 Å². The molecule has 0 spiro atoms. The average molecular weight is 602 g/mol. The van der Waals surface area contributed by atoms with Gasteiger partial charge >= 0.3 is 6.18 Å². The molecule has 2 aliphatic heterocycles. The molecule has 2 bridgehead atoms. The maximum absolute atomic E-state index is 15.2. The molecule has 1 amide bonds. The lowest BCUT2D eigenvalue weighted by molar-refractivity contribution is -0.137. The van der Waals surface area contributed by atoms with Crippen molar-refractivity contribution in [1.29, 1.82) is 0 Å². The van der Waals surface area contributed by atoms with E-state index in [0.717, 1.165) is 42.9 Å². The minimum Gasteiger partial charge on any atom is -0.473 e. The number of benzene rings is 1. The standard InChI is InChI=1S/C27H28ClF4N3O4S/c28-23-8-16(27(30,31)32)12-33-26(23)39-19-9-17-3-4-18(10-19)35(17)13-15-7-24(29)22(11-21(15)14-1-2-14)25(36)34-40(37,38)20-5-6-20/h7-8,11-12,14,17-20H,1-6,9-10,13H2,(H,34,36)/t17-,18+,19?. The van der Waals surface area contributed by atoms with Crippen LogP contribution in [0, 0.1) is 5.82 Å². The zero-order chi connectivity index (χ0) is 28.4. The van der Waals surface area contributed by atoms with Gasteiger partial charge in [0, 0.05) is 24.8 Å². The Morgan fingerprint density at radius 2 is 1.75 bits per heavy atom. The van der Waals surface area contributed by atoms with Gasteiger partial charge in [-0.25, -0.2) is 22.5 Å². The quantitative estimate of drug-likeness (QED) is 0.398. The van der Waals surface area contributed by atoms with Crippen molar-refractivity contribution in [2.45, 2.75) is 93.4 Å². The summed E-state index contributed by atoms with van der Waals surface area (Å²) in [5, 5.41) is -0.779. The molecule has 1 aromatic carbocycles. The fourth-order valence-corrected chi connectivity index (χ4v) is 7.47. The van der Waals surface area contributed by atoms with Crippen LogP contribution in [0.5, 0.6) is 5.88 Å². The molecule has 2 aromatic rings. The number of carbonyl (C=O) groups excluding carboxylic acids is 1. The highest BCUT2D eigenvalue weighted by Crippen LogP contribution is 2.45. The first-order valence-corrected chi connectivity index (χ1v) is 15.3. The number of nitrogens with one attached hydrogen (secondary N) is 1. The number of aromatic nitrogens is 1. The molecule has 2 saturated heterocycles. The zero-order valence-electron chi connectivity index (χ0n) is 21.4. The number of fused-ring (bicyclic) bond motifs is 2. The lowest BCUT2D eigenvalue weighted by Gasteiger charge is -2.39. The van der Waals surface area contributed by atoms with Gasteiger partial charge in [-0.05, 0) is 86.6 Å². The summed E-state index contributed by atoms with van der Waals surface area (Å²) in [6.07, 6.45) is 1.78. The van der Waals surface area contributed by atoms with E-state index in [0.29, 0.717) is 38.4 Å². The minimum absolute atomic E-state index is 0.0248. The smallest absolute Gasteiger partial charge is 0.417 e. The second-order valence-electron chi connectivity index (χ2n) is 11.3. The molecular weight excluding hydrogens is 574 g/mol. The molecule has 216 valence electrons. The molecule has 3 atom stereocenters. The van der Waals surface area contributed by atoms with Gasteiger partial charge in [0.1, 0.15) is 16.9 Å². The largest absolute Gasteiger partial charge is 0.473 e. The number of pyridine rings is 1. The van der Waals surface area contributed by atoms with Gasteiger partial charge in [-0.1, -0.05) is 11.6 Å². The molecule has 1 N–H and O–H groups in total. The maximum atomic E-state index is 15.2. The summed E-state index contributed by atoms with van der Waals surface area (Å²) in [6.45, 7) is 0.479. The third-order valence-electron chi connectivity index (χ3n) is 8.30. The highest BCUT2D eigenvalue weighted by molar-refractivity contribution is 7.91. The van der Waals surface area contributed by atoms with Crippen molar-refractivity contribution < 1.29 is 35.5 Å². The summed E-state index contributed by atoms with van der Waals surface area (Å²) in [4.78, 5) is 18.8. The molecule has 4 fully saturated rings. The monoisotopic (exact) mass is 601 g/mol. The topological polar surface area (TPSA) is 88.6 Å². The van der Waals surface area contributed by atoms with Crippen LogP contribution in [0.3, 0.4) is 0 Å². The molecule has 0 radical (unpaired) electrons. The highest BCUT2D eigenvalue weighted by Gasteiger charge is 2.43. The van der Waals surface area contributed by atoms with Crippen LogP contribution in [0.25, 0.3) is 0 Å². The van der Waals surface area contributed by atoms with E-state index in [1.54, 1.807) is 0 Å². The third-order valence-corrected chi connectivity index (χ3v) is 10.4. The van der Waals surface area contributed by atoms with Crippen LogP contribution in [0.4, 0.5) is 17.6 Å². The second-order valence-corrected chi connectivity index (χ2v) is 13.6. The molecule has 1 aromatic heterocycles. The summed E-state index contributed by atoms with van der Waals surface area (Å²) in [5.41, 5.74) is 0.455. The molecule has 6 rings (SSSR count). The van der Waals surface area contributed by atoms with Gasteiger partial charge in [-0.3, -0.25) is 9.69 Å². The normalized spacial score (nSPS) is 25.2. The van der Waals surface area contributed by atoms with Crippen molar-refractivity contribution >= 4 is 27.5 Å². The molecule has 40 heavy (non-hydrogen) atoms. The highest BCUT2D eigenvalue weighted by atomic mass is 35.5. The number of nitrogens with zero attached hydrogens (tertiary/aromatic N) is 2. The predicted octanol–water partition coefficient (Wildman–Crippen LogP) is 5.57. The Bertz CT molecular complexity index is 1430. The van der Waals surface area contributed by atoms with E-state index in [9.17, 15) is 26.4 Å². The van der Waals surface area contributed by atoms with E-state index in [1.165, 1.54) is 12.1 Å². The van der Waals surface area contributed by atoms with Crippen molar-refractivity contribution in [3.63, 3.8) is 0 Å². The number of alkyl halides is 3. The third kappa shape index (κ3) is 5.67. The van der Waals surface area contributed by atoms with Gasteiger partial charge in [0.25, 0.3) is 5.91 Å². The molecule has 4 aliphatic rings. The van der Waals surface area contributed by atoms with Crippen molar-refractivity contribution in [1.82, 2.24) is 14.6 Å². The minimum atomic E-state index is -4.55. The summed E-state index contributed by atoms with van der Waals surface area (Å²) < 4.78 is 86.4. The molecule has 2 aliphatic carbocycles. The zero-order valence-corrected chi connectivity index (χ0v) is 23.0. The van der Waals surface area contributed by atoms with Crippen LogP contribution in [0.15, 0.2) is 24.4 Å². The maximum Gasteiger partial charge on any atom is 0.417 e. The first-order chi connectivity index (χ1) is 18.9. The number of carbonyl (C=O) groups is 1. The summed E-state index contributed by atoms with van der Waals surface area (Å²) in [6, 6.07) is 3.93. The van der Waals surface area contributed by atoms with Crippen molar-refractivity contribution in [3.8, 4) is 5.88 Å². The fourth-order valence-electron chi connectivity index (χ4n) is 5.96. The van der Waals surface area contributed by atoms with Gasteiger partial charge in [0.15, 0.2) is 0 Å². The van der Waals surface area contributed by atoms with E-state index in [1.807, 2.05) is 4.72 Å². The van der Waals surface area contributed by atoms with E-state index in [2.05, 4.69) is 9.88 Å². The van der Waals surface area contributed by atoms with Gasteiger partial charge in [0.2, 0.25) is 15.9 Å². The van der Waals surface area contributed by atoms with Crippen LogP contribution < -0.4 is 9.46 Å². The van der Waals surface area contributed by atoms with E-state index >= 15 is 4.39 Å². The molecule has 7 nitrogen and oxygen atoms in total. The van der Waals surface area contributed by atoms with Gasteiger partial charge in [-0.15, -0.1) is 0 Å². The van der Waals surface area contributed by atoms with Crippen LogP contribution in [-0.2, 0) is 22.7 Å². The van der Waals surface area contributed by atoms with Crippen LogP contribution in [-0.4, -0.2) is 47.6 Å². The number of hydrogen-bond acceptors (Lipinski definition) is 6. The number of ether oxygens (including phenoxy) is 1. The molecule has 1 unspecified atom stereocenters. The van der Waals surface area contributed by atoms with Gasteiger partial charge in [-0.2, -0.15) is 13.2 Å². The number of sulfonamides is 1. The first kappa shape index (κ1) is 27.7. The second kappa shape index (κ2) is 10.1. The molecular formula is C27H28ClF4N3O4S. The van der Waals surface area contributed by atoms with E-state index < -0.39 is 38.7 Å². The summed E-state index contributed by atoms with van der Waals surface area (Å²) in [7, 11) is -3.80. The lowest BCUT2D eigenvalue weighted by atomic mass is 9.95. The number of piperidine rings is 1. The van der Waals surface area contributed by atoms with E-state index in [4.69, 9.17) is 16.3 Å². The first-order valence-electron chi connectivity index (χ1n) is 13.4. The van der Waals surface area contributed by atoms with Crippen LogP contribution in [0.2, 0.25) is 5.02 Å². The fraction of sp³-hybridized carbons (Fsp3) is 0.556. The number of hydrogen-bond donors (Lipinski definition) is 1. The number of rotatable bonds is 8. The molecule has 13 heteroatoms. The Labute approximate surface area is 234 Å².